The second-order valence-electron chi connectivity index (χ2n) is 6.75. The van der Waals surface area contributed by atoms with E-state index in [1.54, 1.807) is 37.3 Å². The van der Waals surface area contributed by atoms with E-state index in [1.165, 1.54) is 28.8 Å². The third-order valence-corrected chi connectivity index (χ3v) is 4.56. The number of imidazole rings is 1. The number of halogens is 1. The fourth-order valence-electron chi connectivity index (χ4n) is 3.27. The molecule has 0 aliphatic carbocycles. The van der Waals surface area contributed by atoms with Crippen LogP contribution in [-0.4, -0.2) is 30.9 Å². The molecule has 0 atom stereocenters. The molecule has 2 aromatic carbocycles. The summed E-state index contributed by atoms with van der Waals surface area (Å²) >= 11 is 0. The minimum Gasteiger partial charge on any atom is -0.364 e. The molecule has 0 bridgehead atoms. The number of amides is 2. The highest BCUT2D eigenvalue weighted by Gasteiger charge is 2.24. The van der Waals surface area contributed by atoms with Crippen molar-refractivity contribution in [1.29, 1.82) is 0 Å². The first-order chi connectivity index (χ1) is 14.8. The first-order valence-corrected chi connectivity index (χ1v) is 9.25. The highest BCUT2D eigenvalue weighted by Crippen LogP contribution is 2.20. The van der Waals surface area contributed by atoms with Crippen LogP contribution in [0.1, 0.15) is 16.3 Å². The monoisotopic (exact) mass is 420 g/mol. The van der Waals surface area contributed by atoms with Crippen molar-refractivity contribution in [2.45, 2.75) is 13.5 Å². The number of fused-ring (bicyclic) bond motifs is 1. The molecule has 0 radical (unpaired) electrons. The molecule has 0 aliphatic rings. The minimum absolute atomic E-state index is 0.0237. The summed E-state index contributed by atoms with van der Waals surface area (Å²) in [6.07, 6.45) is 0. The molecule has 4 aromatic rings. The van der Waals surface area contributed by atoms with Crippen LogP contribution in [0.2, 0.25) is 0 Å². The van der Waals surface area contributed by atoms with Gasteiger partial charge in [-0.3, -0.25) is 14.2 Å². The lowest BCUT2D eigenvalue weighted by atomic mass is 10.3. The smallest absolute Gasteiger partial charge is 0.335 e. The number of aryl methyl sites for hydroxylation is 1. The van der Waals surface area contributed by atoms with Crippen molar-refractivity contribution >= 4 is 28.7 Å². The predicted octanol–water partition coefficient (Wildman–Crippen LogP) is 1.77. The molecule has 2 heterocycles. The van der Waals surface area contributed by atoms with Crippen LogP contribution >= 0.6 is 0 Å². The van der Waals surface area contributed by atoms with E-state index < -0.39 is 29.9 Å². The summed E-state index contributed by atoms with van der Waals surface area (Å²) in [4.78, 5) is 46.3. The largest absolute Gasteiger partial charge is 0.364 e. The first-order valence-electron chi connectivity index (χ1n) is 9.25. The summed E-state index contributed by atoms with van der Waals surface area (Å²) in [5.74, 6) is -1.64. The molecule has 156 valence electrons. The maximum atomic E-state index is 13.4. The number of anilines is 1. The molecule has 2 aromatic heterocycles. The van der Waals surface area contributed by atoms with Crippen LogP contribution in [0.15, 0.2) is 59.4 Å². The van der Waals surface area contributed by atoms with Crippen molar-refractivity contribution in [1.82, 2.24) is 19.1 Å². The predicted molar refractivity (Wildman–Crippen MR) is 111 cm³/mol. The third-order valence-electron chi connectivity index (χ3n) is 4.56. The summed E-state index contributed by atoms with van der Waals surface area (Å²) < 4.78 is 15.7. The zero-order valence-corrected chi connectivity index (χ0v) is 16.4. The van der Waals surface area contributed by atoms with Crippen molar-refractivity contribution in [3.63, 3.8) is 0 Å². The Morgan fingerprint density at radius 3 is 2.39 bits per heavy atom. The zero-order chi connectivity index (χ0) is 22.1. The van der Waals surface area contributed by atoms with Gasteiger partial charge in [-0.15, -0.1) is 0 Å². The average molecular weight is 420 g/mol. The van der Waals surface area contributed by atoms with Gasteiger partial charge < -0.3 is 11.1 Å². The Kier molecular flexibility index (Phi) is 5.04. The van der Waals surface area contributed by atoms with Crippen molar-refractivity contribution in [3.05, 3.63) is 82.4 Å². The number of nitrogens with one attached hydrogen (secondary N) is 1. The number of para-hydroxylation sites is 1. The molecule has 0 spiro atoms. The second kappa shape index (κ2) is 7.82. The molecule has 0 aliphatic heterocycles. The summed E-state index contributed by atoms with van der Waals surface area (Å²) in [7, 11) is 0. The first kappa shape index (κ1) is 20.0. The molecule has 31 heavy (non-hydrogen) atoms. The Bertz CT molecular complexity index is 1360. The van der Waals surface area contributed by atoms with Crippen LogP contribution in [0.4, 0.5) is 10.1 Å². The standard InChI is InChI=1S/C21H17FN6O3/c1-12-24-17(19(23)30)18-20(25-12)28(15-9-7-13(22)8-10-15)21(31)27(18)11-16(29)26-14-5-3-2-4-6-14/h2-10H,11H2,1H3,(H2,23,30)(H,26,29). The maximum Gasteiger partial charge on any atom is 0.335 e. The van der Waals surface area contributed by atoms with Gasteiger partial charge in [-0.1, -0.05) is 18.2 Å². The van der Waals surface area contributed by atoms with Crippen molar-refractivity contribution in [2.75, 3.05) is 5.32 Å². The fraction of sp³-hybridized carbons (Fsp3) is 0.0952. The molecule has 4 rings (SSSR count). The van der Waals surface area contributed by atoms with Crippen molar-refractivity contribution in [2.24, 2.45) is 5.73 Å². The SMILES string of the molecule is Cc1nc(C(N)=O)c2c(n1)n(-c1ccc(F)cc1)c(=O)n2CC(=O)Nc1ccccc1. The summed E-state index contributed by atoms with van der Waals surface area (Å²) in [6.45, 7) is 1.13. The molecule has 3 N–H and O–H groups in total. The molecular weight excluding hydrogens is 403 g/mol. The van der Waals surface area contributed by atoms with Crippen LogP contribution in [0.3, 0.4) is 0 Å². The number of hydrogen-bond acceptors (Lipinski definition) is 5. The molecule has 0 saturated heterocycles. The Labute approximate surface area is 175 Å². The van der Waals surface area contributed by atoms with Gasteiger partial charge in [-0.25, -0.2) is 23.7 Å². The number of nitrogens with zero attached hydrogens (tertiary/aromatic N) is 4. The Balaban J connectivity index is 1.90. The van der Waals surface area contributed by atoms with Crippen LogP contribution in [-0.2, 0) is 11.3 Å². The van der Waals surface area contributed by atoms with E-state index in [-0.39, 0.29) is 22.7 Å². The second-order valence-corrected chi connectivity index (χ2v) is 6.75. The lowest BCUT2D eigenvalue weighted by molar-refractivity contribution is -0.116. The van der Waals surface area contributed by atoms with Gasteiger partial charge in [0.15, 0.2) is 11.3 Å². The van der Waals surface area contributed by atoms with E-state index in [0.29, 0.717) is 11.4 Å². The van der Waals surface area contributed by atoms with E-state index in [1.807, 2.05) is 0 Å². The van der Waals surface area contributed by atoms with E-state index in [9.17, 15) is 18.8 Å². The highest BCUT2D eigenvalue weighted by molar-refractivity contribution is 6.02. The molecule has 10 heteroatoms. The summed E-state index contributed by atoms with van der Waals surface area (Å²) in [5.41, 5.74) is 5.62. The topological polar surface area (TPSA) is 125 Å². The number of primary amides is 1. The summed E-state index contributed by atoms with van der Waals surface area (Å²) in [5, 5.41) is 2.68. The van der Waals surface area contributed by atoms with Gasteiger partial charge in [-0.05, 0) is 43.3 Å². The molecule has 9 nitrogen and oxygen atoms in total. The number of benzene rings is 2. The lowest BCUT2D eigenvalue weighted by Gasteiger charge is -2.07. The Morgan fingerprint density at radius 1 is 1.06 bits per heavy atom. The molecule has 0 saturated carbocycles. The zero-order valence-electron chi connectivity index (χ0n) is 16.4. The van der Waals surface area contributed by atoms with E-state index in [2.05, 4.69) is 15.3 Å². The van der Waals surface area contributed by atoms with Gasteiger partial charge in [0.25, 0.3) is 5.91 Å². The molecule has 0 fully saturated rings. The number of carbonyl (C=O) groups is 2. The molecule has 2 amide bonds. The van der Waals surface area contributed by atoms with E-state index >= 15 is 0 Å². The van der Waals surface area contributed by atoms with Crippen molar-refractivity contribution < 1.29 is 14.0 Å². The molecular formula is C21H17FN6O3. The Hall–Kier alpha value is -4.34. The van der Waals surface area contributed by atoms with Gasteiger partial charge in [-0.2, -0.15) is 0 Å². The maximum absolute atomic E-state index is 13.4. The number of aromatic nitrogens is 4. The van der Waals surface area contributed by atoms with Crippen molar-refractivity contribution in [3.8, 4) is 5.69 Å². The number of carbonyl (C=O) groups excluding carboxylic acids is 2. The molecule has 0 unspecified atom stereocenters. The van der Waals surface area contributed by atoms with Gasteiger partial charge >= 0.3 is 5.69 Å². The van der Waals surface area contributed by atoms with Crippen LogP contribution < -0.4 is 16.7 Å². The van der Waals surface area contributed by atoms with E-state index in [4.69, 9.17) is 5.73 Å². The van der Waals surface area contributed by atoms with Gasteiger partial charge in [0, 0.05) is 5.69 Å². The van der Waals surface area contributed by atoms with Gasteiger partial charge in [0.05, 0.1) is 5.69 Å². The van der Waals surface area contributed by atoms with Crippen LogP contribution in [0.25, 0.3) is 16.9 Å². The average Bonchev–Trinajstić information content (AvgIpc) is 3.00. The third kappa shape index (κ3) is 3.78. The quantitative estimate of drug-likeness (QED) is 0.509. The normalized spacial score (nSPS) is 10.9. The summed E-state index contributed by atoms with van der Waals surface area (Å²) in [6, 6.07) is 13.9. The lowest BCUT2D eigenvalue weighted by Crippen LogP contribution is -2.29. The van der Waals surface area contributed by atoms with Crippen LogP contribution in [0, 0.1) is 12.7 Å². The van der Waals surface area contributed by atoms with Crippen LogP contribution in [0.5, 0.6) is 0 Å². The number of nitrogens with two attached hydrogens (primary N) is 1. The highest BCUT2D eigenvalue weighted by atomic mass is 19.1. The Morgan fingerprint density at radius 2 is 1.74 bits per heavy atom. The number of rotatable bonds is 5. The number of hydrogen-bond donors (Lipinski definition) is 2. The van der Waals surface area contributed by atoms with Gasteiger partial charge in [0.1, 0.15) is 23.7 Å². The fourth-order valence-corrected chi connectivity index (χ4v) is 3.27. The van der Waals surface area contributed by atoms with E-state index in [0.717, 1.165) is 4.57 Å². The minimum atomic E-state index is -0.871. The van der Waals surface area contributed by atoms with Gasteiger partial charge in [0.2, 0.25) is 5.91 Å².